The Labute approximate surface area is 104 Å². The number of aromatic hydroxyl groups is 2. The lowest BCUT2D eigenvalue weighted by Gasteiger charge is -2.07. The van der Waals surface area contributed by atoms with Gasteiger partial charge in [0.25, 0.3) is 5.91 Å². The summed E-state index contributed by atoms with van der Waals surface area (Å²) in [6.07, 6.45) is 3.29. The van der Waals surface area contributed by atoms with E-state index in [9.17, 15) is 15.0 Å². The molecular weight excluding hydrogens is 232 g/mol. The molecule has 1 aromatic carbocycles. The summed E-state index contributed by atoms with van der Waals surface area (Å²) in [6.45, 7) is 0.307. The number of rotatable bonds is 3. The predicted octanol–water partition coefficient (Wildman–Crippen LogP) is 1.42. The molecule has 2 aromatic rings. The number of nitrogens with one attached hydrogen (secondary N) is 1. The molecule has 0 radical (unpaired) electrons. The molecule has 0 spiro atoms. The van der Waals surface area contributed by atoms with Gasteiger partial charge in [-0.3, -0.25) is 9.78 Å². The van der Waals surface area contributed by atoms with Gasteiger partial charge in [-0.05, 0) is 29.8 Å². The first-order valence-corrected chi connectivity index (χ1v) is 5.36. The van der Waals surface area contributed by atoms with Gasteiger partial charge in [-0.1, -0.05) is 6.07 Å². The highest BCUT2D eigenvalue weighted by Crippen LogP contribution is 2.21. The summed E-state index contributed by atoms with van der Waals surface area (Å²) >= 11 is 0. The molecule has 0 fully saturated rings. The maximum atomic E-state index is 11.8. The maximum absolute atomic E-state index is 11.8. The zero-order chi connectivity index (χ0) is 13.0. The minimum Gasteiger partial charge on any atom is -0.508 e. The number of carbonyl (C=O) groups excluding carboxylic acids is 1. The smallest absolute Gasteiger partial charge is 0.255 e. The van der Waals surface area contributed by atoms with Gasteiger partial charge in [0.05, 0.1) is 5.56 Å². The van der Waals surface area contributed by atoms with E-state index in [0.29, 0.717) is 6.54 Å². The molecule has 18 heavy (non-hydrogen) atoms. The van der Waals surface area contributed by atoms with Crippen molar-refractivity contribution in [3.8, 4) is 11.5 Å². The Kier molecular flexibility index (Phi) is 3.43. The van der Waals surface area contributed by atoms with E-state index in [0.717, 1.165) is 5.56 Å². The average molecular weight is 244 g/mol. The van der Waals surface area contributed by atoms with Crippen molar-refractivity contribution in [2.45, 2.75) is 6.54 Å². The number of phenols is 2. The summed E-state index contributed by atoms with van der Waals surface area (Å²) in [6, 6.07) is 7.40. The maximum Gasteiger partial charge on any atom is 0.255 e. The van der Waals surface area contributed by atoms with Gasteiger partial charge in [-0.25, -0.2) is 0 Å². The molecular formula is C13H12N2O3. The summed E-state index contributed by atoms with van der Waals surface area (Å²) in [7, 11) is 0. The molecule has 5 heteroatoms. The van der Waals surface area contributed by atoms with Crippen LogP contribution in [-0.4, -0.2) is 21.1 Å². The van der Waals surface area contributed by atoms with Gasteiger partial charge in [0.2, 0.25) is 0 Å². The molecule has 0 aliphatic heterocycles. The van der Waals surface area contributed by atoms with Crippen LogP contribution >= 0.6 is 0 Å². The van der Waals surface area contributed by atoms with Gasteiger partial charge in [-0.15, -0.1) is 0 Å². The van der Waals surface area contributed by atoms with Crippen LogP contribution in [0.3, 0.4) is 0 Å². The van der Waals surface area contributed by atoms with Crippen molar-refractivity contribution in [2.24, 2.45) is 0 Å². The van der Waals surface area contributed by atoms with Crippen LogP contribution in [0.2, 0.25) is 0 Å². The van der Waals surface area contributed by atoms with Crippen LogP contribution < -0.4 is 5.32 Å². The number of benzene rings is 1. The second-order valence-corrected chi connectivity index (χ2v) is 3.75. The lowest BCUT2D eigenvalue weighted by Crippen LogP contribution is -2.22. The molecule has 0 saturated heterocycles. The number of hydrogen-bond donors (Lipinski definition) is 3. The topological polar surface area (TPSA) is 82.5 Å². The second kappa shape index (κ2) is 5.18. The Morgan fingerprint density at radius 1 is 1.28 bits per heavy atom. The molecule has 0 aliphatic rings. The van der Waals surface area contributed by atoms with Gasteiger partial charge < -0.3 is 15.5 Å². The van der Waals surface area contributed by atoms with Crippen LogP contribution in [0.4, 0.5) is 0 Å². The van der Waals surface area contributed by atoms with Crippen molar-refractivity contribution >= 4 is 5.91 Å². The molecule has 2 rings (SSSR count). The van der Waals surface area contributed by atoms with Gasteiger partial charge in [0.15, 0.2) is 0 Å². The first-order chi connectivity index (χ1) is 8.66. The van der Waals surface area contributed by atoms with E-state index < -0.39 is 5.91 Å². The lowest BCUT2D eigenvalue weighted by molar-refractivity contribution is 0.0948. The number of amides is 1. The molecule has 0 atom stereocenters. The van der Waals surface area contributed by atoms with Crippen LogP contribution in [0.15, 0.2) is 42.7 Å². The summed E-state index contributed by atoms with van der Waals surface area (Å²) in [5, 5.41) is 21.4. The first kappa shape index (κ1) is 11.9. The number of aromatic nitrogens is 1. The number of phenolic OH excluding ortho intramolecular Hbond substituents is 2. The minimum atomic E-state index is -0.452. The van der Waals surface area contributed by atoms with Crippen LogP contribution in [0.25, 0.3) is 0 Å². The van der Waals surface area contributed by atoms with Crippen LogP contribution in [0.1, 0.15) is 15.9 Å². The lowest BCUT2D eigenvalue weighted by atomic mass is 10.1. The average Bonchev–Trinajstić information content (AvgIpc) is 2.40. The molecule has 1 aromatic heterocycles. The summed E-state index contributed by atoms with van der Waals surface area (Å²) < 4.78 is 0. The summed E-state index contributed by atoms with van der Waals surface area (Å²) in [5.41, 5.74) is 0.893. The molecule has 1 amide bonds. The fourth-order valence-corrected chi connectivity index (χ4v) is 1.49. The standard InChI is InChI=1S/C13H12N2O3/c16-10-3-4-12(17)11(6-10)13(18)15-8-9-2-1-5-14-7-9/h1-7,16-17H,8H2,(H,15,18). The monoisotopic (exact) mass is 244 g/mol. The molecule has 0 unspecified atom stereocenters. The Morgan fingerprint density at radius 3 is 2.83 bits per heavy atom. The first-order valence-electron chi connectivity index (χ1n) is 5.36. The molecule has 0 bridgehead atoms. The van der Waals surface area contributed by atoms with Crippen molar-refractivity contribution < 1.29 is 15.0 Å². The van der Waals surface area contributed by atoms with Crippen LogP contribution in [-0.2, 0) is 6.54 Å². The third-order valence-electron chi connectivity index (χ3n) is 2.40. The summed E-state index contributed by atoms with van der Waals surface area (Å²) in [4.78, 5) is 15.7. The van der Waals surface area contributed by atoms with Gasteiger partial charge in [0, 0.05) is 18.9 Å². The van der Waals surface area contributed by atoms with Gasteiger partial charge in [0.1, 0.15) is 11.5 Å². The van der Waals surface area contributed by atoms with E-state index in [2.05, 4.69) is 10.3 Å². The highest BCUT2D eigenvalue weighted by atomic mass is 16.3. The fraction of sp³-hybridized carbons (Fsp3) is 0.0769. The number of nitrogens with zero attached hydrogens (tertiary/aromatic N) is 1. The largest absolute Gasteiger partial charge is 0.508 e. The molecule has 92 valence electrons. The van der Waals surface area contributed by atoms with Crippen molar-refractivity contribution in [2.75, 3.05) is 0 Å². The number of pyridine rings is 1. The number of carbonyl (C=O) groups is 1. The highest BCUT2D eigenvalue weighted by molar-refractivity contribution is 5.97. The van der Waals surface area contributed by atoms with Crippen molar-refractivity contribution in [3.63, 3.8) is 0 Å². The highest BCUT2D eigenvalue weighted by Gasteiger charge is 2.11. The van der Waals surface area contributed by atoms with E-state index in [-0.39, 0.29) is 17.1 Å². The fourth-order valence-electron chi connectivity index (χ4n) is 1.49. The Hall–Kier alpha value is -2.56. The Bertz CT molecular complexity index is 555. The van der Waals surface area contributed by atoms with E-state index in [1.165, 1.54) is 18.2 Å². The van der Waals surface area contributed by atoms with E-state index in [1.807, 2.05) is 6.07 Å². The zero-order valence-electron chi connectivity index (χ0n) is 9.50. The Morgan fingerprint density at radius 2 is 2.11 bits per heavy atom. The third-order valence-corrected chi connectivity index (χ3v) is 2.40. The Balaban J connectivity index is 2.06. The van der Waals surface area contributed by atoms with Crippen LogP contribution in [0, 0.1) is 0 Å². The molecule has 3 N–H and O–H groups in total. The second-order valence-electron chi connectivity index (χ2n) is 3.75. The third kappa shape index (κ3) is 2.76. The normalized spacial score (nSPS) is 10.0. The SMILES string of the molecule is O=C(NCc1cccnc1)c1cc(O)ccc1O. The minimum absolute atomic E-state index is 0.0406. The summed E-state index contributed by atoms with van der Waals surface area (Å²) in [5.74, 6) is -0.692. The number of hydrogen-bond acceptors (Lipinski definition) is 4. The van der Waals surface area contributed by atoms with E-state index in [4.69, 9.17) is 0 Å². The molecule has 0 saturated carbocycles. The van der Waals surface area contributed by atoms with E-state index in [1.54, 1.807) is 18.5 Å². The molecule has 0 aliphatic carbocycles. The van der Waals surface area contributed by atoms with Crippen molar-refractivity contribution in [1.82, 2.24) is 10.3 Å². The zero-order valence-corrected chi connectivity index (χ0v) is 9.50. The van der Waals surface area contributed by atoms with Crippen molar-refractivity contribution in [3.05, 3.63) is 53.9 Å². The van der Waals surface area contributed by atoms with Crippen LogP contribution in [0.5, 0.6) is 11.5 Å². The van der Waals surface area contributed by atoms with Crippen molar-refractivity contribution in [1.29, 1.82) is 0 Å². The quantitative estimate of drug-likeness (QED) is 0.713. The predicted molar refractivity (Wildman–Crippen MR) is 65.2 cm³/mol. The van der Waals surface area contributed by atoms with Gasteiger partial charge in [-0.2, -0.15) is 0 Å². The molecule has 5 nitrogen and oxygen atoms in total. The molecule has 1 heterocycles. The van der Waals surface area contributed by atoms with E-state index >= 15 is 0 Å². The van der Waals surface area contributed by atoms with Gasteiger partial charge >= 0.3 is 0 Å².